The summed E-state index contributed by atoms with van der Waals surface area (Å²) in [6.07, 6.45) is 0. The molecule has 0 unspecified atom stereocenters. The van der Waals surface area contributed by atoms with Crippen LogP contribution < -0.4 is 4.74 Å². The van der Waals surface area contributed by atoms with Gasteiger partial charge in [-0.1, -0.05) is 54.6 Å². The molecule has 0 atom stereocenters. The van der Waals surface area contributed by atoms with Crippen molar-refractivity contribution in [3.8, 4) is 11.5 Å². The van der Waals surface area contributed by atoms with Crippen molar-refractivity contribution in [2.24, 2.45) is 0 Å². The van der Waals surface area contributed by atoms with Gasteiger partial charge in [0.1, 0.15) is 18.1 Å². The number of hydrogen-bond acceptors (Lipinski definition) is 3. The van der Waals surface area contributed by atoms with E-state index in [0.717, 1.165) is 16.9 Å². The molecule has 0 aliphatic carbocycles. The summed E-state index contributed by atoms with van der Waals surface area (Å²) in [6, 6.07) is 25.8. The molecule has 1 aliphatic heterocycles. The fourth-order valence-electron chi connectivity index (χ4n) is 3.20. The molecule has 3 heteroatoms. The maximum absolute atomic E-state index is 9.53. The van der Waals surface area contributed by atoms with E-state index in [2.05, 4.69) is 24.3 Å². The van der Waals surface area contributed by atoms with Gasteiger partial charge in [0.15, 0.2) is 0 Å². The molecule has 0 amide bonds. The van der Waals surface area contributed by atoms with E-state index in [9.17, 15) is 5.11 Å². The van der Waals surface area contributed by atoms with Gasteiger partial charge in [0.25, 0.3) is 0 Å². The Labute approximate surface area is 147 Å². The van der Waals surface area contributed by atoms with Gasteiger partial charge in [-0.05, 0) is 41.0 Å². The lowest BCUT2D eigenvalue weighted by molar-refractivity contribution is -0.0380. The Morgan fingerprint density at radius 2 is 1.40 bits per heavy atom. The van der Waals surface area contributed by atoms with Crippen LogP contribution >= 0.6 is 0 Å². The number of aromatic hydroxyl groups is 1. The molecular formula is C22H20O3. The summed E-state index contributed by atoms with van der Waals surface area (Å²) < 4.78 is 11.4. The smallest absolute Gasteiger partial charge is 0.119 e. The van der Waals surface area contributed by atoms with Gasteiger partial charge in [0.05, 0.1) is 18.6 Å². The number of phenols is 1. The van der Waals surface area contributed by atoms with E-state index in [1.807, 2.05) is 42.5 Å². The highest BCUT2D eigenvalue weighted by atomic mass is 16.5. The first-order valence-electron chi connectivity index (χ1n) is 8.41. The maximum Gasteiger partial charge on any atom is 0.119 e. The van der Waals surface area contributed by atoms with E-state index in [1.54, 1.807) is 12.1 Å². The van der Waals surface area contributed by atoms with Gasteiger partial charge in [0, 0.05) is 0 Å². The average molecular weight is 332 g/mol. The van der Waals surface area contributed by atoms with Gasteiger partial charge in [0.2, 0.25) is 0 Å². The van der Waals surface area contributed by atoms with Gasteiger partial charge < -0.3 is 14.6 Å². The second-order valence-electron chi connectivity index (χ2n) is 6.42. The van der Waals surface area contributed by atoms with Crippen LogP contribution in [0.2, 0.25) is 0 Å². The molecule has 0 aromatic heterocycles. The third kappa shape index (κ3) is 3.11. The third-order valence-electron chi connectivity index (χ3n) is 4.77. The Morgan fingerprint density at radius 1 is 0.800 bits per heavy atom. The minimum atomic E-state index is -0.133. The molecule has 1 fully saturated rings. The Morgan fingerprint density at radius 3 is 1.96 bits per heavy atom. The van der Waals surface area contributed by atoms with Gasteiger partial charge in [-0.25, -0.2) is 0 Å². The molecule has 3 aromatic carbocycles. The van der Waals surface area contributed by atoms with Crippen LogP contribution in [0.25, 0.3) is 0 Å². The molecule has 0 saturated carbocycles. The molecule has 25 heavy (non-hydrogen) atoms. The van der Waals surface area contributed by atoms with E-state index in [1.165, 1.54) is 5.56 Å². The minimum absolute atomic E-state index is 0.133. The number of rotatable bonds is 5. The summed E-state index contributed by atoms with van der Waals surface area (Å²) in [5, 5.41) is 9.53. The first kappa shape index (κ1) is 15.7. The van der Waals surface area contributed by atoms with Crippen LogP contribution in [0, 0.1) is 0 Å². The van der Waals surface area contributed by atoms with Crippen molar-refractivity contribution in [3.05, 3.63) is 95.6 Å². The first-order chi connectivity index (χ1) is 12.3. The van der Waals surface area contributed by atoms with Crippen LogP contribution in [0.4, 0.5) is 0 Å². The molecule has 1 aliphatic rings. The van der Waals surface area contributed by atoms with E-state index >= 15 is 0 Å². The second-order valence-corrected chi connectivity index (χ2v) is 6.42. The van der Waals surface area contributed by atoms with Crippen molar-refractivity contribution < 1.29 is 14.6 Å². The molecule has 126 valence electrons. The summed E-state index contributed by atoms with van der Waals surface area (Å²) in [4.78, 5) is 0. The zero-order valence-corrected chi connectivity index (χ0v) is 13.9. The lowest BCUT2D eigenvalue weighted by Gasteiger charge is -2.42. The Kier molecular flexibility index (Phi) is 4.16. The highest BCUT2D eigenvalue weighted by Gasteiger charge is 2.41. The van der Waals surface area contributed by atoms with E-state index in [-0.39, 0.29) is 11.2 Å². The van der Waals surface area contributed by atoms with Gasteiger partial charge >= 0.3 is 0 Å². The highest BCUT2D eigenvalue weighted by molar-refractivity contribution is 5.45. The fraction of sp³-hybridized carbons (Fsp3) is 0.182. The molecule has 3 nitrogen and oxygen atoms in total. The zero-order valence-electron chi connectivity index (χ0n) is 13.9. The van der Waals surface area contributed by atoms with Crippen LogP contribution in [-0.4, -0.2) is 18.3 Å². The largest absolute Gasteiger partial charge is 0.508 e. The van der Waals surface area contributed by atoms with Crippen LogP contribution in [0.5, 0.6) is 11.5 Å². The number of benzene rings is 3. The second kappa shape index (κ2) is 6.61. The number of hydrogen-bond donors (Lipinski definition) is 1. The molecular weight excluding hydrogens is 312 g/mol. The standard InChI is InChI=1S/C22H20O3/c23-20-10-6-18(7-11-20)22(15-24-16-22)19-8-12-21(13-9-19)25-14-17-4-2-1-3-5-17/h1-13,23H,14-16H2. The Balaban J connectivity index is 1.51. The summed E-state index contributed by atoms with van der Waals surface area (Å²) in [6.45, 7) is 1.87. The Bertz CT molecular complexity index is 819. The average Bonchev–Trinajstić information content (AvgIpc) is 2.63. The summed E-state index contributed by atoms with van der Waals surface area (Å²) in [5.41, 5.74) is 3.39. The molecule has 3 aromatic rings. The quantitative estimate of drug-likeness (QED) is 0.757. The van der Waals surface area contributed by atoms with Gasteiger partial charge in [-0.2, -0.15) is 0 Å². The fourth-order valence-corrected chi connectivity index (χ4v) is 3.20. The molecule has 4 rings (SSSR count). The van der Waals surface area contributed by atoms with E-state index in [0.29, 0.717) is 19.8 Å². The van der Waals surface area contributed by atoms with Crippen molar-refractivity contribution in [1.82, 2.24) is 0 Å². The van der Waals surface area contributed by atoms with Crippen LogP contribution in [0.1, 0.15) is 16.7 Å². The molecule has 1 saturated heterocycles. The van der Waals surface area contributed by atoms with Crippen molar-refractivity contribution in [1.29, 1.82) is 0 Å². The predicted molar refractivity (Wildman–Crippen MR) is 96.9 cm³/mol. The van der Waals surface area contributed by atoms with Gasteiger partial charge in [-0.3, -0.25) is 0 Å². The Hall–Kier alpha value is -2.78. The molecule has 0 bridgehead atoms. The SMILES string of the molecule is Oc1ccc(C2(c3ccc(OCc4ccccc4)cc3)COC2)cc1. The maximum atomic E-state index is 9.53. The predicted octanol–water partition coefficient (Wildman–Crippen LogP) is 4.29. The number of phenolic OH excluding ortho intramolecular Hbond substituents is 1. The van der Waals surface area contributed by atoms with Crippen LogP contribution in [0.3, 0.4) is 0 Å². The lowest BCUT2D eigenvalue weighted by atomic mass is 9.73. The summed E-state index contributed by atoms with van der Waals surface area (Å²) >= 11 is 0. The summed E-state index contributed by atoms with van der Waals surface area (Å²) in [7, 11) is 0. The molecule has 0 radical (unpaired) electrons. The molecule has 0 spiro atoms. The van der Waals surface area contributed by atoms with Crippen molar-refractivity contribution in [2.75, 3.05) is 13.2 Å². The minimum Gasteiger partial charge on any atom is -0.508 e. The normalized spacial score (nSPS) is 15.4. The number of ether oxygens (including phenoxy) is 2. The summed E-state index contributed by atoms with van der Waals surface area (Å²) in [5.74, 6) is 1.14. The van der Waals surface area contributed by atoms with E-state index < -0.39 is 0 Å². The monoisotopic (exact) mass is 332 g/mol. The van der Waals surface area contributed by atoms with Crippen LogP contribution in [0.15, 0.2) is 78.9 Å². The zero-order chi connectivity index (χ0) is 17.1. The van der Waals surface area contributed by atoms with E-state index in [4.69, 9.17) is 9.47 Å². The first-order valence-corrected chi connectivity index (χ1v) is 8.41. The van der Waals surface area contributed by atoms with Crippen LogP contribution in [-0.2, 0) is 16.8 Å². The molecule has 1 N–H and O–H groups in total. The topological polar surface area (TPSA) is 38.7 Å². The molecule has 1 heterocycles. The van der Waals surface area contributed by atoms with Crippen molar-refractivity contribution in [3.63, 3.8) is 0 Å². The highest BCUT2D eigenvalue weighted by Crippen LogP contribution is 2.40. The van der Waals surface area contributed by atoms with Crippen molar-refractivity contribution in [2.45, 2.75) is 12.0 Å². The van der Waals surface area contributed by atoms with Gasteiger partial charge in [-0.15, -0.1) is 0 Å². The lowest BCUT2D eigenvalue weighted by Crippen LogP contribution is -2.47. The van der Waals surface area contributed by atoms with Crippen molar-refractivity contribution >= 4 is 0 Å². The third-order valence-corrected chi connectivity index (χ3v) is 4.77.